The van der Waals surface area contributed by atoms with Gasteiger partial charge in [0, 0.05) is 10.8 Å². The average molecular weight is 251 g/mol. The van der Waals surface area contributed by atoms with Gasteiger partial charge < -0.3 is 4.74 Å². The zero-order valence-corrected chi connectivity index (χ0v) is 10.8. The van der Waals surface area contributed by atoms with Crippen LogP contribution in [0, 0.1) is 6.92 Å². The third-order valence-electron chi connectivity index (χ3n) is 3.20. The number of hydrogen-bond donors (Lipinski definition) is 0. The molecule has 1 heterocycles. The lowest BCUT2D eigenvalue weighted by Crippen LogP contribution is -2.02. The molecule has 0 aliphatic rings. The zero-order valence-electron chi connectivity index (χ0n) is 10.8. The standard InChI is InChI=1S/C16H13NO2/c1-10-6-7-14-12(8-10)9-11-4-3-5-13(15(11)17-14)16(18)19-2/h3-9H,1-2H3. The summed E-state index contributed by atoms with van der Waals surface area (Å²) < 4.78 is 4.80. The van der Waals surface area contributed by atoms with Crippen molar-refractivity contribution in [2.45, 2.75) is 6.92 Å². The molecule has 0 saturated heterocycles. The Labute approximate surface area is 110 Å². The molecule has 3 aromatic rings. The van der Waals surface area contributed by atoms with Gasteiger partial charge in [0.2, 0.25) is 0 Å². The molecule has 2 aromatic carbocycles. The van der Waals surface area contributed by atoms with Gasteiger partial charge in [0.1, 0.15) is 0 Å². The predicted molar refractivity (Wildman–Crippen MR) is 75.3 cm³/mol. The van der Waals surface area contributed by atoms with Gasteiger partial charge in [-0.2, -0.15) is 0 Å². The maximum Gasteiger partial charge on any atom is 0.340 e. The predicted octanol–water partition coefficient (Wildman–Crippen LogP) is 3.48. The van der Waals surface area contributed by atoms with Gasteiger partial charge in [0.25, 0.3) is 0 Å². The highest BCUT2D eigenvalue weighted by Gasteiger charge is 2.11. The molecule has 1 aromatic heterocycles. The number of fused-ring (bicyclic) bond motifs is 2. The zero-order chi connectivity index (χ0) is 13.4. The van der Waals surface area contributed by atoms with Crippen LogP contribution in [0.3, 0.4) is 0 Å². The van der Waals surface area contributed by atoms with E-state index in [0.717, 1.165) is 16.3 Å². The lowest BCUT2D eigenvalue weighted by Gasteiger charge is -2.06. The minimum Gasteiger partial charge on any atom is -0.465 e. The number of carbonyl (C=O) groups excluding carboxylic acids is 1. The van der Waals surface area contributed by atoms with E-state index in [0.29, 0.717) is 11.1 Å². The van der Waals surface area contributed by atoms with E-state index in [9.17, 15) is 4.79 Å². The number of rotatable bonds is 1. The molecule has 3 heteroatoms. The first-order valence-corrected chi connectivity index (χ1v) is 6.07. The Morgan fingerprint density at radius 1 is 1.11 bits per heavy atom. The van der Waals surface area contributed by atoms with Crippen LogP contribution in [0.5, 0.6) is 0 Å². The van der Waals surface area contributed by atoms with Crippen molar-refractivity contribution in [1.29, 1.82) is 0 Å². The summed E-state index contributed by atoms with van der Waals surface area (Å²) in [4.78, 5) is 16.3. The Hall–Kier alpha value is -2.42. The summed E-state index contributed by atoms with van der Waals surface area (Å²) in [5, 5.41) is 2.02. The van der Waals surface area contributed by atoms with Gasteiger partial charge >= 0.3 is 5.97 Å². The Kier molecular flexibility index (Phi) is 2.67. The summed E-state index contributed by atoms with van der Waals surface area (Å²) in [5.41, 5.74) is 3.26. The summed E-state index contributed by atoms with van der Waals surface area (Å²) in [7, 11) is 1.38. The van der Waals surface area contributed by atoms with Crippen LogP contribution in [-0.2, 0) is 4.74 Å². The molecule has 3 rings (SSSR count). The Balaban J connectivity index is 2.38. The molecule has 0 saturated carbocycles. The van der Waals surface area contributed by atoms with Crippen molar-refractivity contribution >= 4 is 27.8 Å². The van der Waals surface area contributed by atoms with E-state index < -0.39 is 0 Å². The number of aryl methyl sites for hydroxylation is 1. The number of aromatic nitrogens is 1. The molecule has 0 aliphatic heterocycles. The molecule has 94 valence electrons. The number of ether oxygens (including phenoxy) is 1. The normalized spacial score (nSPS) is 10.8. The van der Waals surface area contributed by atoms with E-state index in [-0.39, 0.29) is 5.97 Å². The Morgan fingerprint density at radius 2 is 1.95 bits per heavy atom. The fraction of sp³-hybridized carbons (Fsp3) is 0.125. The smallest absolute Gasteiger partial charge is 0.340 e. The molecule has 0 fully saturated rings. The van der Waals surface area contributed by atoms with Gasteiger partial charge in [-0.25, -0.2) is 9.78 Å². The van der Waals surface area contributed by atoms with Gasteiger partial charge in [-0.3, -0.25) is 0 Å². The molecule has 0 radical (unpaired) electrons. The average Bonchev–Trinajstić information content (AvgIpc) is 2.43. The molecule has 0 bridgehead atoms. The fourth-order valence-electron chi connectivity index (χ4n) is 2.26. The molecular weight excluding hydrogens is 238 g/mol. The van der Waals surface area contributed by atoms with Crippen molar-refractivity contribution in [3.63, 3.8) is 0 Å². The molecule has 3 nitrogen and oxygen atoms in total. The van der Waals surface area contributed by atoms with Crippen LogP contribution in [0.2, 0.25) is 0 Å². The number of carbonyl (C=O) groups is 1. The number of nitrogens with zero attached hydrogens (tertiary/aromatic N) is 1. The molecule has 0 atom stereocenters. The Morgan fingerprint density at radius 3 is 2.74 bits per heavy atom. The van der Waals surface area contributed by atoms with Gasteiger partial charge in [0.05, 0.1) is 23.7 Å². The fourth-order valence-corrected chi connectivity index (χ4v) is 2.26. The largest absolute Gasteiger partial charge is 0.465 e. The van der Waals surface area contributed by atoms with E-state index in [1.807, 2.05) is 24.3 Å². The van der Waals surface area contributed by atoms with E-state index >= 15 is 0 Å². The van der Waals surface area contributed by atoms with Crippen LogP contribution in [0.4, 0.5) is 0 Å². The lowest BCUT2D eigenvalue weighted by molar-refractivity contribution is 0.0603. The highest BCUT2D eigenvalue weighted by molar-refractivity contribution is 6.05. The SMILES string of the molecule is COC(=O)c1cccc2cc3cc(C)ccc3nc12. The third-order valence-corrected chi connectivity index (χ3v) is 3.20. The number of pyridine rings is 1. The number of esters is 1. The van der Waals surface area contributed by atoms with Crippen LogP contribution in [0.15, 0.2) is 42.5 Å². The molecule has 0 spiro atoms. The van der Waals surface area contributed by atoms with E-state index in [2.05, 4.69) is 24.0 Å². The Bertz CT molecular complexity index is 793. The second kappa shape index (κ2) is 4.35. The summed E-state index contributed by atoms with van der Waals surface area (Å²) in [6.45, 7) is 2.05. The number of para-hydroxylation sites is 1. The van der Waals surface area contributed by atoms with Crippen molar-refractivity contribution in [2.24, 2.45) is 0 Å². The topological polar surface area (TPSA) is 39.2 Å². The summed E-state index contributed by atoms with van der Waals surface area (Å²) in [6.07, 6.45) is 0. The quantitative estimate of drug-likeness (QED) is 0.491. The van der Waals surface area contributed by atoms with Gasteiger partial charge in [-0.05, 0) is 31.2 Å². The summed E-state index contributed by atoms with van der Waals surface area (Å²) in [5.74, 6) is -0.357. The van der Waals surface area contributed by atoms with Crippen molar-refractivity contribution in [2.75, 3.05) is 7.11 Å². The van der Waals surface area contributed by atoms with Crippen molar-refractivity contribution in [3.8, 4) is 0 Å². The minimum atomic E-state index is -0.357. The maximum atomic E-state index is 11.8. The van der Waals surface area contributed by atoms with Gasteiger partial charge in [-0.15, -0.1) is 0 Å². The maximum absolute atomic E-state index is 11.8. The monoisotopic (exact) mass is 251 g/mol. The highest BCUT2D eigenvalue weighted by Crippen LogP contribution is 2.23. The van der Waals surface area contributed by atoms with Crippen molar-refractivity contribution in [3.05, 3.63) is 53.6 Å². The number of hydrogen-bond acceptors (Lipinski definition) is 3. The van der Waals surface area contributed by atoms with Crippen molar-refractivity contribution in [1.82, 2.24) is 4.98 Å². The number of benzene rings is 2. The van der Waals surface area contributed by atoms with Gasteiger partial charge in [0.15, 0.2) is 0 Å². The second-order valence-corrected chi connectivity index (χ2v) is 4.55. The van der Waals surface area contributed by atoms with Crippen LogP contribution in [0.1, 0.15) is 15.9 Å². The van der Waals surface area contributed by atoms with Crippen LogP contribution in [-0.4, -0.2) is 18.1 Å². The highest BCUT2D eigenvalue weighted by atomic mass is 16.5. The lowest BCUT2D eigenvalue weighted by atomic mass is 10.1. The molecular formula is C16H13NO2. The first-order chi connectivity index (χ1) is 9.19. The van der Waals surface area contributed by atoms with E-state index in [1.165, 1.54) is 12.7 Å². The molecule has 0 unspecified atom stereocenters. The summed E-state index contributed by atoms with van der Waals surface area (Å²) >= 11 is 0. The summed E-state index contributed by atoms with van der Waals surface area (Å²) in [6, 6.07) is 13.7. The van der Waals surface area contributed by atoms with Gasteiger partial charge in [-0.1, -0.05) is 23.8 Å². The molecule has 19 heavy (non-hydrogen) atoms. The van der Waals surface area contributed by atoms with E-state index in [1.54, 1.807) is 6.07 Å². The minimum absolute atomic E-state index is 0.357. The third kappa shape index (κ3) is 1.93. The van der Waals surface area contributed by atoms with Crippen molar-refractivity contribution < 1.29 is 9.53 Å². The van der Waals surface area contributed by atoms with E-state index in [4.69, 9.17) is 4.74 Å². The molecule has 0 aliphatic carbocycles. The van der Waals surface area contributed by atoms with Crippen LogP contribution >= 0.6 is 0 Å². The molecule has 0 amide bonds. The first-order valence-electron chi connectivity index (χ1n) is 6.07. The molecule has 0 N–H and O–H groups in total. The second-order valence-electron chi connectivity index (χ2n) is 4.55. The van der Waals surface area contributed by atoms with Crippen LogP contribution < -0.4 is 0 Å². The first kappa shape index (κ1) is 11.7. The van der Waals surface area contributed by atoms with Crippen LogP contribution in [0.25, 0.3) is 21.8 Å². The number of methoxy groups -OCH3 is 1.